The highest BCUT2D eigenvalue weighted by Crippen LogP contribution is 2.37. The summed E-state index contributed by atoms with van der Waals surface area (Å²) in [5.74, 6) is 1.74. The molecule has 0 fully saturated rings. The van der Waals surface area contributed by atoms with E-state index in [1.54, 1.807) is 0 Å². The van der Waals surface area contributed by atoms with E-state index in [1.807, 2.05) is 54.6 Å². The highest BCUT2D eigenvalue weighted by atomic mass is 28.1. The van der Waals surface area contributed by atoms with E-state index < -0.39 is 0 Å². The molecular formula is C47H69N6O3Si. The van der Waals surface area contributed by atoms with Gasteiger partial charge in [0.15, 0.2) is 0 Å². The molecule has 3 unspecified atom stereocenters. The van der Waals surface area contributed by atoms with E-state index in [0.29, 0.717) is 16.7 Å². The van der Waals surface area contributed by atoms with E-state index in [9.17, 15) is 15.3 Å². The van der Waals surface area contributed by atoms with Gasteiger partial charge in [0.05, 0.1) is 25.0 Å². The lowest BCUT2D eigenvalue weighted by molar-refractivity contribution is 0.444. The number of hydrogen-bond donors (Lipinski definition) is 3. The lowest BCUT2D eigenvalue weighted by atomic mass is 9.89. The first kappa shape index (κ1) is 47.2. The summed E-state index contributed by atoms with van der Waals surface area (Å²) in [5.41, 5.74) is 4.90. The lowest BCUT2D eigenvalue weighted by Gasteiger charge is -2.18. The Morgan fingerprint density at radius 2 is 0.789 bits per heavy atom. The Hall–Kier alpha value is -4.18. The van der Waals surface area contributed by atoms with Crippen LogP contribution in [0.3, 0.4) is 0 Å². The number of nitrogens with zero attached hydrogens (tertiary/aromatic N) is 6. The minimum Gasteiger partial charge on any atom is -0.507 e. The van der Waals surface area contributed by atoms with Gasteiger partial charge in [-0.1, -0.05) is 154 Å². The highest BCUT2D eigenvalue weighted by Gasteiger charge is 2.18. The van der Waals surface area contributed by atoms with Crippen molar-refractivity contribution in [3.63, 3.8) is 0 Å². The Labute approximate surface area is 346 Å². The number of hydrogen-bond acceptors (Lipinski definition) is 9. The first-order valence-electron chi connectivity index (χ1n) is 21.7. The van der Waals surface area contributed by atoms with Crippen LogP contribution in [0, 0.1) is 0 Å². The van der Waals surface area contributed by atoms with Crippen molar-refractivity contribution in [2.75, 3.05) is 0 Å². The van der Waals surface area contributed by atoms with Gasteiger partial charge < -0.3 is 15.3 Å². The zero-order valence-corrected chi connectivity index (χ0v) is 36.7. The van der Waals surface area contributed by atoms with E-state index >= 15 is 0 Å². The summed E-state index contributed by atoms with van der Waals surface area (Å²) in [6.45, 7) is 13.5. The summed E-state index contributed by atoms with van der Waals surface area (Å²) >= 11 is 0. The molecule has 0 spiro atoms. The number of unbranched alkanes of at least 4 members (excludes halogenated alkanes) is 6. The van der Waals surface area contributed by atoms with Gasteiger partial charge in [-0.05, 0) is 73.0 Å². The summed E-state index contributed by atoms with van der Waals surface area (Å²) < 4.78 is 0. The summed E-state index contributed by atoms with van der Waals surface area (Å²) in [6, 6.07) is 17.5. The molecule has 10 heteroatoms. The second-order valence-corrected chi connectivity index (χ2v) is 15.7. The van der Waals surface area contributed by atoms with Gasteiger partial charge in [-0.3, -0.25) is 0 Å². The average molecular weight is 794 g/mol. The molecule has 0 aromatic heterocycles. The quantitative estimate of drug-likeness (QED) is 0.0403. The molecule has 9 nitrogen and oxygen atoms in total. The van der Waals surface area contributed by atoms with E-state index in [0.717, 1.165) is 93.7 Å². The molecule has 3 aromatic rings. The molecule has 0 aliphatic carbocycles. The van der Waals surface area contributed by atoms with Crippen molar-refractivity contribution in [3.05, 3.63) is 99.1 Å². The molecule has 3 atom stereocenters. The van der Waals surface area contributed by atoms with Crippen molar-refractivity contribution < 1.29 is 15.3 Å². The number of phenols is 3. The van der Waals surface area contributed by atoms with Crippen LogP contribution in [0.2, 0.25) is 0 Å². The van der Waals surface area contributed by atoms with Crippen molar-refractivity contribution in [3.8, 4) is 17.2 Å². The SMILES string of the molecule is CCCCCC(CC)c1cccc(CN=NC([Si])=C(N=NCc2cccc(C(CC)CCCCC)c2O)N=NCc2cccc(C(CC)CCCCC)c2O)c1O. The maximum Gasteiger partial charge on any atom is 0.213 e. The Balaban J connectivity index is 1.91. The molecular weight excluding hydrogens is 725 g/mol. The molecule has 0 heterocycles. The van der Waals surface area contributed by atoms with Crippen molar-refractivity contribution in [2.24, 2.45) is 30.7 Å². The Kier molecular flexibility index (Phi) is 22.1. The van der Waals surface area contributed by atoms with Gasteiger partial charge >= 0.3 is 0 Å². The van der Waals surface area contributed by atoms with Gasteiger partial charge in [0.25, 0.3) is 0 Å². The number of phenolic OH excluding ortho intramolecular Hbond substituents is 3. The van der Waals surface area contributed by atoms with Gasteiger partial charge in [-0.2, -0.15) is 20.5 Å². The molecule has 0 saturated carbocycles. The molecule has 57 heavy (non-hydrogen) atoms. The maximum absolute atomic E-state index is 11.3. The fourth-order valence-electron chi connectivity index (χ4n) is 7.56. The van der Waals surface area contributed by atoms with Gasteiger partial charge in [0.2, 0.25) is 5.82 Å². The van der Waals surface area contributed by atoms with E-state index in [-0.39, 0.29) is 65.8 Å². The third-order valence-corrected chi connectivity index (χ3v) is 11.5. The van der Waals surface area contributed by atoms with Crippen molar-refractivity contribution in [1.82, 2.24) is 0 Å². The second-order valence-electron chi connectivity index (χ2n) is 15.2. The summed E-state index contributed by atoms with van der Waals surface area (Å²) in [4.78, 5) is 0. The summed E-state index contributed by atoms with van der Waals surface area (Å²) in [5, 5.41) is 60.5. The highest BCUT2D eigenvalue weighted by molar-refractivity contribution is 6.21. The molecule has 3 aromatic carbocycles. The van der Waals surface area contributed by atoms with E-state index in [4.69, 9.17) is 0 Å². The predicted molar refractivity (Wildman–Crippen MR) is 234 cm³/mol. The predicted octanol–water partition coefficient (Wildman–Crippen LogP) is 14.6. The maximum atomic E-state index is 11.3. The Morgan fingerprint density at radius 3 is 1.09 bits per heavy atom. The van der Waals surface area contributed by atoms with Gasteiger partial charge in [0, 0.05) is 16.7 Å². The Bertz CT molecular complexity index is 1680. The molecule has 3 radical (unpaired) electrons. The van der Waals surface area contributed by atoms with Gasteiger partial charge in [-0.15, -0.1) is 10.2 Å². The molecule has 3 N–H and O–H groups in total. The number of rotatable bonds is 27. The van der Waals surface area contributed by atoms with Crippen LogP contribution in [0.15, 0.2) is 96.4 Å². The number of benzene rings is 3. The van der Waals surface area contributed by atoms with Crippen LogP contribution in [-0.2, 0) is 19.6 Å². The third kappa shape index (κ3) is 14.9. The first-order valence-corrected chi connectivity index (χ1v) is 22.2. The Morgan fingerprint density at radius 1 is 0.474 bits per heavy atom. The van der Waals surface area contributed by atoms with Crippen LogP contribution in [0.4, 0.5) is 0 Å². The minimum absolute atomic E-state index is 0.0960. The molecule has 0 amide bonds. The topological polar surface area (TPSA) is 135 Å². The average Bonchev–Trinajstić information content (AvgIpc) is 3.21. The molecule has 0 aliphatic heterocycles. The molecule has 3 rings (SSSR count). The zero-order valence-electron chi connectivity index (χ0n) is 35.7. The fourth-order valence-corrected chi connectivity index (χ4v) is 7.73. The van der Waals surface area contributed by atoms with Gasteiger partial charge in [-0.25, -0.2) is 0 Å². The zero-order chi connectivity index (χ0) is 41.4. The van der Waals surface area contributed by atoms with Crippen LogP contribution in [-0.4, -0.2) is 25.6 Å². The smallest absolute Gasteiger partial charge is 0.213 e. The molecule has 309 valence electrons. The minimum atomic E-state index is 0.0960. The molecule has 0 saturated heterocycles. The van der Waals surface area contributed by atoms with Crippen molar-refractivity contribution >= 4 is 10.2 Å². The number of aromatic hydroxyl groups is 3. The van der Waals surface area contributed by atoms with Crippen LogP contribution in [0.25, 0.3) is 0 Å². The number of azo groups is 3. The van der Waals surface area contributed by atoms with E-state index in [2.05, 4.69) is 82.5 Å². The van der Waals surface area contributed by atoms with Crippen LogP contribution >= 0.6 is 0 Å². The standard InChI is InChI=1S/C47H69N6O3Si/c1-7-13-16-22-34(10-4)40-28-19-25-37(43(40)54)31-48-51-46(52-49-32-38-26-20-29-41(44(38)55)35(11-5)23-17-14-8-2)47(57)53-50-33-39-27-21-30-42(45(39)56)36(12-6)24-18-15-9-3/h19-21,25-30,34-36,54-56H,7-18,22-24,31-33H2,1-6H3. The largest absolute Gasteiger partial charge is 0.507 e. The van der Waals surface area contributed by atoms with Gasteiger partial charge in [0.1, 0.15) is 27.5 Å². The fraction of sp³-hybridized carbons (Fsp3) is 0.574. The molecule has 0 aliphatic rings. The molecule has 0 bridgehead atoms. The summed E-state index contributed by atoms with van der Waals surface area (Å²) in [6.07, 6.45) is 16.4. The number of para-hydroxylation sites is 3. The van der Waals surface area contributed by atoms with Crippen LogP contribution in [0.1, 0.15) is 189 Å². The monoisotopic (exact) mass is 794 g/mol. The second kappa shape index (κ2) is 26.7. The summed E-state index contributed by atoms with van der Waals surface area (Å²) in [7, 11) is 3.58. The van der Waals surface area contributed by atoms with Crippen LogP contribution < -0.4 is 0 Å². The first-order chi connectivity index (χ1) is 27.7. The van der Waals surface area contributed by atoms with Crippen molar-refractivity contribution in [1.29, 1.82) is 0 Å². The van der Waals surface area contributed by atoms with E-state index in [1.165, 1.54) is 19.3 Å². The van der Waals surface area contributed by atoms with Crippen LogP contribution in [0.5, 0.6) is 17.2 Å². The third-order valence-electron chi connectivity index (χ3n) is 11.2. The normalized spacial score (nSPS) is 13.5. The van der Waals surface area contributed by atoms with Crippen molar-refractivity contribution in [2.45, 2.75) is 175 Å². The lowest BCUT2D eigenvalue weighted by Crippen LogP contribution is -2.00.